The van der Waals surface area contributed by atoms with Crippen molar-refractivity contribution in [2.75, 3.05) is 13.2 Å². The molecule has 0 heterocycles. The summed E-state index contributed by atoms with van der Waals surface area (Å²) < 4.78 is 32.6. The Bertz CT molecular complexity index is 748. The van der Waals surface area contributed by atoms with Crippen molar-refractivity contribution < 1.29 is 23.2 Å². The maximum atomic E-state index is 13.1. The van der Waals surface area contributed by atoms with E-state index in [0.717, 1.165) is 4.31 Å². The van der Waals surface area contributed by atoms with Crippen LogP contribution in [0.25, 0.3) is 0 Å². The van der Waals surface area contributed by atoms with E-state index in [1.54, 1.807) is 38.4 Å². The molecule has 0 fully saturated rings. The van der Waals surface area contributed by atoms with Gasteiger partial charge in [-0.1, -0.05) is 26.7 Å². The van der Waals surface area contributed by atoms with Crippen LogP contribution in [0, 0.1) is 17.8 Å². The van der Waals surface area contributed by atoms with Crippen LogP contribution in [0.1, 0.15) is 34.1 Å². The van der Waals surface area contributed by atoms with Crippen molar-refractivity contribution in [3.8, 4) is 17.6 Å². The molecule has 0 spiro atoms. The quantitative estimate of drug-likeness (QED) is 0.387. The van der Waals surface area contributed by atoms with Crippen LogP contribution in [0.5, 0.6) is 5.75 Å². The topological polar surface area (TPSA) is 95.9 Å². The van der Waals surface area contributed by atoms with Crippen molar-refractivity contribution >= 4 is 15.9 Å². The number of hydrogen-bond acceptors (Lipinski definition) is 5. The van der Waals surface area contributed by atoms with Gasteiger partial charge in [-0.05, 0) is 43.5 Å². The highest BCUT2D eigenvalue weighted by Crippen LogP contribution is 2.24. The number of hydroxylamine groups is 1. The third-order valence-electron chi connectivity index (χ3n) is 3.68. The van der Waals surface area contributed by atoms with E-state index in [2.05, 4.69) is 11.8 Å². The van der Waals surface area contributed by atoms with Gasteiger partial charge in [-0.15, -0.1) is 5.92 Å². The first-order valence-corrected chi connectivity index (χ1v) is 9.81. The molecule has 1 rings (SSSR count). The molecule has 0 aliphatic carbocycles. The lowest BCUT2D eigenvalue weighted by Crippen LogP contribution is -2.51. The lowest BCUT2D eigenvalue weighted by Gasteiger charge is -2.31. The maximum absolute atomic E-state index is 13.1. The molecule has 0 aromatic heterocycles. The summed E-state index contributed by atoms with van der Waals surface area (Å²) in [6.07, 6.45) is 0.526. The van der Waals surface area contributed by atoms with E-state index >= 15 is 0 Å². The Kier molecular flexibility index (Phi) is 8.58. The van der Waals surface area contributed by atoms with E-state index in [9.17, 15) is 13.2 Å². The standard InChI is InChI=1S/C18H26N2O5S/c1-5-7-13-25-15-8-10-16(11-9-15)26(23,24)20(12-6-2)17(14(3)4)18(21)19-22/h8-11,14,17,22H,6,12-13H2,1-4H3,(H,19,21). The third-order valence-corrected chi connectivity index (χ3v) is 5.58. The summed E-state index contributed by atoms with van der Waals surface area (Å²) in [6, 6.07) is 4.94. The second-order valence-electron chi connectivity index (χ2n) is 5.97. The highest BCUT2D eigenvalue weighted by molar-refractivity contribution is 7.89. The molecule has 7 nitrogen and oxygen atoms in total. The summed E-state index contributed by atoms with van der Waals surface area (Å²) in [7, 11) is -3.93. The van der Waals surface area contributed by atoms with Crippen LogP contribution in [-0.4, -0.2) is 43.0 Å². The summed E-state index contributed by atoms with van der Waals surface area (Å²) in [5.41, 5.74) is 1.57. The molecule has 0 bridgehead atoms. The molecular weight excluding hydrogens is 356 g/mol. The number of carbonyl (C=O) groups excluding carboxylic acids is 1. The van der Waals surface area contributed by atoms with Gasteiger partial charge in [0, 0.05) is 6.54 Å². The molecule has 1 amide bonds. The van der Waals surface area contributed by atoms with Crippen molar-refractivity contribution in [1.29, 1.82) is 0 Å². The molecule has 0 aliphatic heterocycles. The summed E-state index contributed by atoms with van der Waals surface area (Å²) >= 11 is 0. The van der Waals surface area contributed by atoms with E-state index < -0.39 is 22.0 Å². The van der Waals surface area contributed by atoms with Crippen LogP contribution in [0.4, 0.5) is 0 Å². The fraction of sp³-hybridized carbons (Fsp3) is 0.500. The fourth-order valence-electron chi connectivity index (χ4n) is 2.50. The van der Waals surface area contributed by atoms with Crippen molar-refractivity contribution in [2.45, 2.75) is 45.1 Å². The first-order valence-electron chi connectivity index (χ1n) is 8.37. The smallest absolute Gasteiger partial charge is 0.262 e. The Morgan fingerprint density at radius 3 is 2.38 bits per heavy atom. The molecular formula is C18H26N2O5S. The van der Waals surface area contributed by atoms with Crippen LogP contribution < -0.4 is 10.2 Å². The van der Waals surface area contributed by atoms with Crippen LogP contribution in [0.15, 0.2) is 29.2 Å². The largest absolute Gasteiger partial charge is 0.481 e. The van der Waals surface area contributed by atoms with Crippen LogP contribution in [0.3, 0.4) is 0 Å². The summed E-state index contributed by atoms with van der Waals surface area (Å²) in [4.78, 5) is 12.1. The Morgan fingerprint density at radius 2 is 1.92 bits per heavy atom. The minimum atomic E-state index is -3.93. The molecule has 0 saturated carbocycles. The van der Waals surface area contributed by atoms with Crippen LogP contribution in [-0.2, 0) is 14.8 Å². The Morgan fingerprint density at radius 1 is 1.31 bits per heavy atom. The Labute approximate surface area is 155 Å². The molecule has 8 heteroatoms. The zero-order valence-corrected chi connectivity index (χ0v) is 16.3. The van der Waals surface area contributed by atoms with Gasteiger partial charge in [0.1, 0.15) is 18.4 Å². The van der Waals surface area contributed by atoms with Gasteiger partial charge in [-0.25, -0.2) is 13.9 Å². The second kappa shape index (κ2) is 10.2. The van der Waals surface area contributed by atoms with Gasteiger partial charge < -0.3 is 4.74 Å². The Balaban J connectivity index is 3.19. The number of carbonyl (C=O) groups is 1. The first-order chi connectivity index (χ1) is 12.3. The summed E-state index contributed by atoms with van der Waals surface area (Å²) in [5, 5.41) is 9.00. The van der Waals surface area contributed by atoms with Gasteiger partial charge in [0.15, 0.2) is 0 Å². The molecule has 144 valence electrons. The number of nitrogens with zero attached hydrogens (tertiary/aromatic N) is 1. The predicted molar refractivity (Wildman–Crippen MR) is 98.1 cm³/mol. The van der Waals surface area contributed by atoms with Crippen molar-refractivity contribution in [3.05, 3.63) is 24.3 Å². The number of benzene rings is 1. The van der Waals surface area contributed by atoms with E-state index in [4.69, 9.17) is 9.94 Å². The number of nitrogens with one attached hydrogen (secondary N) is 1. The fourth-order valence-corrected chi connectivity index (χ4v) is 4.31. The van der Waals surface area contributed by atoms with Crippen molar-refractivity contribution in [2.24, 2.45) is 5.92 Å². The highest BCUT2D eigenvalue weighted by Gasteiger charge is 2.37. The molecule has 0 radical (unpaired) electrons. The van der Waals surface area contributed by atoms with E-state index in [0.29, 0.717) is 12.2 Å². The number of sulfonamides is 1. The highest BCUT2D eigenvalue weighted by atomic mass is 32.2. The first kappa shape index (κ1) is 22.0. The summed E-state index contributed by atoms with van der Waals surface area (Å²) in [5.74, 6) is 4.89. The van der Waals surface area contributed by atoms with Gasteiger partial charge >= 0.3 is 0 Å². The van der Waals surface area contributed by atoms with Crippen molar-refractivity contribution in [3.63, 3.8) is 0 Å². The van der Waals surface area contributed by atoms with Gasteiger partial charge in [-0.2, -0.15) is 4.31 Å². The maximum Gasteiger partial charge on any atom is 0.262 e. The molecule has 26 heavy (non-hydrogen) atoms. The van der Waals surface area contributed by atoms with Gasteiger partial charge in [0.05, 0.1) is 4.90 Å². The SMILES string of the molecule is CC#CCOc1ccc(S(=O)(=O)N(CCC)C(C(=O)NO)C(C)C)cc1. The number of rotatable bonds is 9. The average Bonchev–Trinajstić information content (AvgIpc) is 2.61. The second-order valence-corrected chi connectivity index (χ2v) is 7.86. The normalized spacial score (nSPS) is 12.4. The molecule has 2 N–H and O–H groups in total. The monoisotopic (exact) mass is 382 g/mol. The van der Waals surface area contributed by atoms with Gasteiger partial charge in [-0.3, -0.25) is 10.0 Å². The van der Waals surface area contributed by atoms with E-state index in [1.807, 2.05) is 6.92 Å². The third kappa shape index (κ3) is 5.46. The molecule has 1 aromatic rings. The van der Waals surface area contributed by atoms with Crippen LogP contribution >= 0.6 is 0 Å². The molecule has 0 saturated heterocycles. The van der Waals surface area contributed by atoms with Crippen LogP contribution in [0.2, 0.25) is 0 Å². The summed E-state index contributed by atoms with van der Waals surface area (Å²) in [6.45, 7) is 7.35. The number of hydrogen-bond donors (Lipinski definition) is 2. The molecule has 1 unspecified atom stereocenters. The minimum absolute atomic E-state index is 0.0521. The zero-order chi connectivity index (χ0) is 19.7. The Hall–Kier alpha value is -2.08. The van der Waals surface area contributed by atoms with E-state index in [1.165, 1.54) is 12.1 Å². The van der Waals surface area contributed by atoms with Gasteiger partial charge in [0.25, 0.3) is 5.91 Å². The predicted octanol–water partition coefficient (Wildman–Crippen LogP) is 2.02. The molecule has 1 atom stereocenters. The molecule has 0 aliphatic rings. The van der Waals surface area contributed by atoms with Gasteiger partial charge in [0.2, 0.25) is 10.0 Å². The minimum Gasteiger partial charge on any atom is -0.481 e. The van der Waals surface area contributed by atoms with Crippen molar-refractivity contribution in [1.82, 2.24) is 9.79 Å². The lowest BCUT2D eigenvalue weighted by molar-refractivity contribution is -0.134. The lowest BCUT2D eigenvalue weighted by atomic mass is 10.0. The zero-order valence-electron chi connectivity index (χ0n) is 15.5. The van der Waals surface area contributed by atoms with E-state index in [-0.39, 0.29) is 24.0 Å². The average molecular weight is 382 g/mol. The number of ether oxygens (including phenoxy) is 1. The molecule has 1 aromatic carbocycles. The number of amides is 1.